The lowest BCUT2D eigenvalue weighted by atomic mass is 9.89. The van der Waals surface area contributed by atoms with E-state index in [1.807, 2.05) is 0 Å². The van der Waals surface area contributed by atoms with Gasteiger partial charge >= 0.3 is 0 Å². The van der Waals surface area contributed by atoms with Crippen LogP contribution in [0.4, 0.5) is 0 Å². The first kappa shape index (κ1) is 34.6. The van der Waals surface area contributed by atoms with Crippen LogP contribution in [0.5, 0.6) is 0 Å². The summed E-state index contributed by atoms with van der Waals surface area (Å²) in [4.78, 5) is 0. The first-order chi connectivity index (χ1) is 30.7. The van der Waals surface area contributed by atoms with Gasteiger partial charge in [0.15, 0.2) is 0 Å². The highest BCUT2D eigenvalue weighted by Gasteiger charge is 2.17. The van der Waals surface area contributed by atoms with Crippen LogP contribution in [-0.4, -0.2) is 9.13 Å². The van der Waals surface area contributed by atoms with Gasteiger partial charge in [0, 0.05) is 32.9 Å². The summed E-state index contributed by atoms with van der Waals surface area (Å²) < 4.78 is 4.80. The first-order valence-electron chi connectivity index (χ1n) is 21.4. The fourth-order valence-electron chi connectivity index (χ4n) is 10.2. The van der Waals surface area contributed by atoms with E-state index in [1.165, 1.54) is 109 Å². The van der Waals surface area contributed by atoms with Gasteiger partial charge in [0.1, 0.15) is 0 Å². The molecule has 0 unspecified atom stereocenters. The zero-order valence-electron chi connectivity index (χ0n) is 33.8. The van der Waals surface area contributed by atoms with Gasteiger partial charge in [0.25, 0.3) is 0 Å². The maximum atomic E-state index is 2.42. The van der Waals surface area contributed by atoms with E-state index < -0.39 is 0 Å². The second-order valence-electron chi connectivity index (χ2n) is 16.5. The molecule has 13 aromatic rings. The van der Waals surface area contributed by atoms with Gasteiger partial charge in [-0.1, -0.05) is 152 Å². The third-order valence-corrected chi connectivity index (χ3v) is 13.1. The predicted molar refractivity (Wildman–Crippen MR) is 264 cm³/mol. The third-order valence-electron chi connectivity index (χ3n) is 13.1. The van der Waals surface area contributed by atoms with E-state index in [1.54, 1.807) is 0 Å². The Morgan fingerprint density at radius 1 is 0.177 bits per heavy atom. The maximum Gasteiger partial charge on any atom is 0.0547 e. The van der Waals surface area contributed by atoms with Gasteiger partial charge in [0.05, 0.1) is 22.1 Å². The lowest BCUT2D eigenvalue weighted by Crippen LogP contribution is -1.93. The minimum atomic E-state index is 1.16. The Hall–Kier alpha value is -8.20. The fourth-order valence-corrected chi connectivity index (χ4v) is 10.2. The van der Waals surface area contributed by atoms with E-state index in [-0.39, 0.29) is 0 Å². The fraction of sp³-hybridized carbons (Fsp3) is 0. The molecule has 2 heteroatoms. The highest BCUT2D eigenvalue weighted by molar-refractivity contribution is 6.26. The van der Waals surface area contributed by atoms with E-state index in [0.29, 0.717) is 0 Å². The topological polar surface area (TPSA) is 9.86 Å². The number of fused-ring (bicyclic) bond motifs is 12. The van der Waals surface area contributed by atoms with E-state index in [9.17, 15) is 0 Å². The average molecular weight is 787 g/mol. The van der Waals surface area contributed by atoms with Gasteiger partial charge < -0.3 is 9.13 Å². The maximum absolute atomic E-state index is 2.42. The second-order valence-corrected chi connectivity index (χ2v) is 16.5. The van der Waals surface area contributed by atoms with Gasteiger partial charge in [-0.15, -0.1) is 0 Å². The Morgan fingerprint density at radius 2 is 0.516 bits per heavy atom. The molecule has 0 saturated carbocycles. The molecule has 0 spiro atoms. The van der Waals surface area contributed by atoms with Crippen molar-refractivity contribution in [3.8, 4) is 44.8 Å². The quantitative estimate of drug-likeness (QED) is 0.154. The summed E-state index contributed by atoms with van der Waals surface area (Å²) in [7, 11) is 0. The van der Waals surface area contributed by atoms with Gasteiger partial charge in [-0.3, -0.25) is 0 Å². The molecule has 11 aromatic carbocycles. The molecular weight excluding hydrogens is 749 g/mol. The lowest BCUT2D eigenvalue weighted by molar-refractivity contribution is 1.18. The van der Waals surface area contributed by atoms with Crippen molar-refractivity contribution in [2.24, 2.45) is 0 Å². The first-order valence-corrected chi connectivity index (χ1v) is 21.4. The van der Waals surface area contributed by atoms with E-state index in [0.717, 1.165) is 11.4 Å². The molecule has 0 aliphatic rings. The van der Waals surface area contributed by atoms with Crippen molar-refractivity contribution in [3.05, 3.63) is 231 Å². The molecule has 0 radical (unpaired) electrons. The van der Waals surface area contributed by atoms with Gasteiger partial charge in [-0.25, -0.2) is 0 Å². The molecule has 62 heavy (non-hydrogen) atoms. The van der Waals surface area contributed by atoms with Crippen LogP contribution < -0.4 is 0 Å². The molecule has 0 saturated heterocycles. The Bertz CT molecular complexity index is 3870. The van der Waals surface area contributed by atoms with Crippen LogP contribution in [0.2, 0.25) is 0 Å². The number of rotatable bonds is 5. The molecule has 13 rings (SSSR count). The van der Waals surface area contributed by atoms with E-state index in [2.05, 4.69) is 240 Å². The molecule has 0 aliphatic heterocycles. The van der Waals surface area contributed by atoms with Crippen molar-refractivity contribution in [1.82, 2.24) is 9.13 Å². The summed E-state index contributed by atoms with van der Waals surface area (Å²) in [6, 6.07) is 84.9. The van der Waals surface area contributed by atoms with Crippen molar-refractivity contribution in [2.75, 3.05) is 0 Å². The van der Waals surface area contributed by atoms with Crippen LogP contribution in [0.1, 0.15) is 0 Å². The third kappa shape index (κ3) is 5.30. The largest absolute Gasteiger partial charge is 0.309 e. The minimum Gasteiger partial charge on any atom is -0.309 e. The lowest BCUT2D eigenvalue weighted by Gasteiger charge is -2.15. The van der Waals surface area contributed by atoms with Crippen LogP contribution >= 0.6 is 0 Å². The minimum absolute atomic E-state index is 1.16. The molecule has 2 heterocycles. The molecule has 0 fully saturated rings. The Labute approximate surface area is 358 Å². The van der Waals surface area contributed by atoms with Crippen molar-refractivity contribution >= 4 is 75.9 Å². The molecular formula is C60H38N2. The van der Waals surface area contributed by atoms with E-state index >= 15 is 0 Å². The summed E-state index contributed by atoms with van der Waals surface area (Å²) in [5.41, 5.74) is 14.2. The number of para-hydroxylation sites is 4. The van der Waals surface area contributed by atoms with Crippen LogP contribution in [0.3, 0.4) is 0 Å². The van der Waals surface area contributed by atoms with Gasteiger partial charge in [-0.2, -0.15) is 0 Å². The number of hydrogen-bond donors (Lipinski definition) is 0. The van der Waals surface area contributed by atoms with Crippen LogP contribution in [0, 0.1) is 0 Å². The molecule has 0 bridgehead atoms. The molecule has 0 amide bonds. The highest BCUT2D eigenvalue weighted by Crippen LogP contribution is 2.42. The standard InChI is InChI=1S/C60H38N2/c1-3-15-45(16-4-1)61-58-26-14-12-24-53(58)56-37-40(29-32-59(56)61)43-33-42(39-27-30-51-49-21-8-7-19-47(49)48-20-9-10-22-50(48)55(51)36-39)34-44(35-43)41-28-31-54-52-23-11-13-25-57(52)62(60(54)38-41)46-17-5-2-6-18-46/h1-38H. The zero-order valence-corrected chi connectivity index (χ0v) is 33.8. The van der Waals surface area contributed by atoms with Crippen molar-refractivity contribution in [1.29, 1.82) is 0 Å². The average Bonchev–Trinajstić information content (AvgIpc) is 3.86. The molecule has 0 aliphatic carbocycles. The zero-order chi connectivity index (χ0) is 40.7. The van der Waals surface area contributed by atoms with Crippen LogP contribution in [0.25, 0.3) is 121 Å². The van der Waals surface area contributed by atoms with Gasteiger partial charge in [0.2, 0.25) is 0 Å². The van der Waals surface area contributed by atoms with Crippen molar-refractivity contribution < 1.29 is 0 Å². The Balaban J connectivity index is 1.06. The summed E-state index contributed by atoms with van der Waals surface area (Å²) in [5, 5.41) is 12.7. The normalized spacial score (nSPS) is 11.9. The molecule has 0 atom stereocenters. The number of hydrogen-bond acceptors (Lipinski definition) is 0. The van der Waals surface area contributed by atoms with Gasteiger partial charge in [-0.05, 0) is 145 Å². The molecule has 2 nitrogen and oxygen atoms in total. The SMILES string of the molecule is c1ccc(-n2c3ccccc3c3cc(-c4cc(-c5ccc6c7ccccc7c7ccccc7c6c5)cc(-c5ccc6c7ccccc7n(-c7ccccc7)c6c5)c4)ccc32)cc1. The number of aromatic nitrogens is 2. The van der Waals surface area contributed by atoms with Crippen molar-refractivity contribution in [2.45, 2.75) is 0 Å². The number of nitrogens with zero attached hydrogens (tertiary/aromatic N) is 2. The predicted octanol–water partition coefficient (Wildman–Crippen LogP) is 16.3. The van der Waals surface area contributed by atoms with Crippen LogP contribution in [0.15, 0.2) is 231 Å². The summed E-state index contributed by atoms with van der Waals surface area (Å²) in [6.07, 6.45) is 0. The Kier molecular flexibility index (Phi) is 7.64. The summed E-state index contributed by atoms with van der Waals surface area (Å²) in [6.45, 7) is 0. The monoisotopic (exact) mass is 786 g/mol. The van der Waals surface area contributed by atoms with Crippen molar-refractivity contribution in [3.63, 3.8) is 0 Å². The molecule has 288 valence electrons. The molecule has 0 N–H and O–H groups in total. The Morgan fingerprint density at radius 3 is 1.06 bits per heavy atom. The summed E-state index contributed by atoms with van der Waals surface area (Å²) >= 11 is 0. The van der Waals surface area contributed by atoms with E-state index in [4.69, 9.17) is 0 Å². The number of benzene rings is 11. The summed E-state index contributed by atoms with van der Waals surface area (Å²) in [5.74, 6) is 0. The van der Waals surface area contributed by atoms with Crippen LogP contribution in [-0.2, 0) is 0 Å². The highest BCUT2D eigenvalue weighted by atomic mass is 15.0. The second kappa shape index (κ2) is 13.7. The molecule has 2 aromatic heterocycles. The smallest absolute Gasteiger partial charge is 0.0547 e.